The Morgan fingerprint density at radius 2 is 1.85 bits per heavy atom. The summed E-state index contributed by atoms with van der Waals surface area (Å²) in [5.74, 6) is -1.15. The van der Waals surface area contributed by atoms with E-state index in [0.717, 1.165) is 19.2 Å². The van der Waals surface area contributed by atoms with E-state index >= 15 is 0 Å². The summed E-state index contributed by atoms with van der Waals surface area (Å²) in [5, 5.41) is 8.82. The summed E-state index contributed by atoms with van der Waals surface area (Å²) in [4.78, 5) is 11.4. The van der Waals surface area contributed by atoms with Gasteiger partial charge < -0.3 is 9.47 Å². The first-order valence-electron chi connectivity index (χ1n) is 5.50. The monoisotopic (exact) mass is 287 g/mol. The van der Waals surface area contributed by atoms with Crippen LogP contribution in [-0.4, -0.2) is 18.7 Å². The van der Waals surface area contributed by atoms with Gasteiger partial charge in [-0.3, -0.25) is 0 Å². The van der Waals surface area contributed by atoms with E-state index in [-0.39, 0.29) is 11.3 Å². The summed E-state index contributed by atoms with van der Waals surface area (Å²) in [6.45, 7) is 2.79. The van der Waals surface area contributed by atoms with Crippen LogP contribution in [0.4, 0.5) is 13.2 Å². The van der Waals surface area contributed by atoms with E-state index in [0.29, 0.717) is 6.07 Å². The Morgan fingerprint density at radius 1 is 1.25 bits per heavy atom. The third kappa shape index (κ3) is 3.88. The van der Waals surface area contributed by atoms with Gasteiger partial charge in [-0.05, 0) is 32.0 Å². The number of esters is 1. The van der Waals surface area contributed by atoms with Gasteiger partial charge in [-0.15, -0.1) is 0 Å². The molecule has 7 heteroatoms. The van der Waals surface area contributed by atoms with Crippen LogP contribution in [0.3, 0.4) is 0 Å². The first-order chi connectivity index (χ1) is 9.09. The van der Waals surface area contributed by atoms with Crippen LogP contribution >= 0.6 is 0 Å². The molecule has 0 fully saturated rings. The molecule has 0 bridgehead atoms. The van der Waals surface area contributed by atoms with Gasteiger partial charge in [-0.2, -0.15) is 18.4 Å². The zero-order chi connectivity index (χ0) is 15.6. The van der Waals surface area contributed by atoms with Gasteiger partial charge in [0, 0.05) is 0 Å². The van der Waals surface area contributed by atoms with Crippen LogP contribution < -0.4 is 4.74 Å². The van der Waals surface area contributed by atoms with Crippen molar-refractivity contribution < 1.29 is 27.4 Å². The van der Waals surface area contributed by atoms with Gasteiger partial charge in [0.15, 0.2) is 5.60 Å². The average molecular weight is 287 g/mol. The summed E-state index contributed by atoms with van der Waals surface area (Å²) in [6, 6.07) is 4.28. The van der Waals surface area contributed by atoms with Gasteiger partial charge in [-0.25, -0.2) is 4.79 Å². The predicted octanol–water partition coefficient (Wildman–Crippen LogP) is 3.17. The second-order valence-electron chi connectivity index (χ2n) is 4.46. The molecule has 0 radical (unpaired) electrons. The normalized spacial score (nSPS) is 11.7. The maximum absolute atomic E-state index is 12.8. The van der Waals surface area contributed by atoms with Crippen molar-refractivity contribution >= 4 is 5.97 Å². The van der Waals surface area contributed by atoms with Crippen LogP contribution in [0, 0.1) is 11.3 Å². The van der Waals surface area contributed by atoms with Gasteiger partial charge >= 0.3 is 12.1 Å². The SMILES string of the molecule is COC(=O)c1cc(OC(C)(C)C#N)cc(C(F)(F)F)c1. The Balaban J connectivity index is 3.32. The molecule has 108 valence electrons. The van der Waals surface area contributed by atoms with E-state index in [4.69, 9.17) is 10.00 Å². The lowest BCUT2D eigenvalue weighted by Gasteiger charge is -2.20. The fourth-order valence-electron chi connectivity index (χ4n) is 1.37. The minimum Gasteiger partial charge on any atom is -0.473 e. The number of benzene rings is 1. The molecule has 0 atom stereocenters. The molecule has 1 aromatic rings. The van der Waals surface area contributed by atoms with Crippen LogP contribution in [0.2, 0.25) is 0 Å². The average Bonchev–Trinajstić information content (AvgIpc) is 2.35. The maximum Gasteiger partial charge on any atom is 0.416 e. The highest BCUT2D eigenvalue weighted by molar-refractivity contribution is 5.90. The lowest BCUT2D eigenvalue weighted by molar-refractivity contribution is -0.137. The number of nitrogens with zero attached hydrogens (tertiary/aromatic N) is 1. The minimum atomic E-state index is -4.64. The number of hydrogen-bond donors (Lipinski definition) is 0. The van der Waals surface area contributed by atoms with Crippen LogP contribution in [0.5, 0.6) is 5.75 Å². The molecule has 0 heterocycles. The van der Waals surface area contributed by atoms with Gasteiger partial charge in [0.25, 0.3) is 0 Å². The smallest absolute Gasteiger partial charge is 0.416 e. The first-order valence-corrected chi connectivity index (χ1v) is 5.50. The Bertz CT molecular complexity index is 559. The molecular weight excluding hydrogens is 275 g/mol. The second kappa shape index (κ2) is 5.41. The molecule has 0 N–H and O–H groups in total. The summed E-state index contributed by atoms with van der Waals surface area (Å²) < 4.78 is 47.8. The zero-order valence-corrected chi connectivity index (χ0v) is 11.0. The van der Waals surface area contributed by atoms with Gasteiger partial charge in [0.1, 0.15) is 11.8 Å². The molecule has 0 aliphatic heterocycles. The van der Waals surface area contributed by atoms with Crippen LogP contribution in [-0.2, 0) is 10.9 Å². The van der Waals surface area contributed by atoms with Crippen molar-refractivity contribution in [2.45, 2.75) is 25.6 Å². The fraction of sp³-hybridized carbons (Fsp3) is 0.385. The van der Waals surface area contributed by atoms with E-state index in [2.05, 4.69) is 4.74 Å². The number of rotatable bonds is 3. The number of hydrogen-bond acceptors (Lipinski definition) is 4. The summed E-state index contributed by atoms with van der Waals surface area (Å²) >= 11 is 0. The molecule has 1 aromatic carbocycles. The van der Waals surface area contributed by atoms with Crippen molar-refractivity contribution in [2.75, 3.05) is 7.11 Å². The van der Waals surface area contributed by atoms with Crippen molar-refractivity contribution in [1.82, 2.24) is 0 Å². The lowest BCUT2D eigenvalue weighted by Crippen LogP contribution is -2.26. The molecular formula is C13H12F3NO3. The van der Waals surface area contributed by atoms with Crippen LogP contribution in [0.1, 0.15) is 29.8 Å². The number of ether oxygens (including phenoxy) is 2. The Kier molecular flexibility index (Phi) is 4.28. The van der Waals surface area contributed by atoms with Crippen molar-refractivity contribution in [3.05, 3.63) is 29.3 Å². The zero-order valence-electron chi connectivity index (χ0n) is 11.0. The number of alkyl halides is 3. The summed E-state index contributed by atoms with van der Waals surface area (Å²) in [7, 11) is 1.06. The maximum atomic E-state index is 12.8. The van der Waals surface area contributed by atoms with Crippen molar-refractivity contribution in [3.63, 3.8) is 0 Å². The molecule has 0 aliphatic carbocycles. The summed E-state index contributed by atoms with van der Waals surface area (Å²) in [5.41, 5.74) is -2.67. The number of nitriles is 1. The van der Waals surface area contributed by atoms with Crippen molar-refractivity contribution in [3.8, 4) is 11.8 Å². The Hall–Kier alpha value is -2.23. The molecule has 20 heavy (non-hydrogen) atoms. The van der Waals surface area contributed by atoms with Gasteiger partial charge in [0.05, 0.1) is 18.2 Å². The molecule has 0 amide bonds. The lowest BCUT2D eigenvalue weighted by atomic mass is 10.1. The van der Waals surface area contributed by atoms with E-state index < -0.39 is 23.3 Å². The van der Waals surface area contributed by atoms with Gasteiger partial charge in [0.2, 0.25) is 0 Å². The third-order valence-corrected chi connectivity index (χ3v) is 2.30. The van der Waals surface area contributed by atoms with E-state index in [1.807, 2.05) is 0 Å². The molecule has 0 spiro atoms. The second-order valence-corrected chi connectivity index (χ2v) is 4.46. The quantitative estimate of drug-likeness (QED) is 0.801. The number of methoxy groups -OCH3 is 1. The van der Waals surface area contributed by atoms with Crippen LogP contribution in [0.15, 0.2) is 18.2 Å². The minimum absolute atomic E-state index is 0.230. The number of halogens is 3. The number of carbonyl (C=O) groups excluding carboxylic acids is 1. The summed E-state index contributed by atoms with van der Waals surface area (Å²) in [6.07, 6.45) is -4.64. The molecule has 0 aromatic heterocycles. The highest BCUT2D eigenvalue weighted by Crippen LogP contribution is 2.33. The molecule has 0 aliphatic rings. The fourth-order valence-corrected chi connectivity index (χ4v) is 1.37. The Morgan fingerprint density at radius 3 is 2.30 bits per heavy atom. The highest BCUT2D eigenvalue weighted by Gasteiger charge is 2.33. The molecule has 0 saturated heterocycles. The molecule has 0 unspecified atom stereocenters. The largest absolute Gasteiger partial charge is 0.473 e. The van der Waals surface area contributed by atoms with Crippen LogP contribution in [0.25, 0.3) is 0 Å². The standard InChI is InChI=1S/C13H12F3NO3/c1-12(2,7-17)20-10-5-8(11(18)19-3)4-9(6-10)13(14,15)16/h4-6H,1-3H3. The highest BCUT2D eigenvalue weighted by atomic mass is 19.4. The van der Waals surface area contributed by atoms with Gasteiger partial charge in [-0.1, -0.05) is 0 Å². The molecule has 0 saturated carbocycles. The van der Waals surface area contributed by atoms with Crippen molar-refractivity contribution in [1.29, 1.82) is 5.26 Å². The van der Waals surface area contributed by atoms with E-state index in [1.54, 1.807) is 6.07 Å². The van der Waals surface area contributed by atoms with Crippen molar-refractivity contribution in [2.24, 2.45) is 0 Å². The van der Waals surface area contributed by atoms with E-state index in [9.17, 15) is 18.0 Å². The van der Waals surface area contributed by atoms with E-state index in [1.165, 1.54) is 13.8 Å². The predicted molar refractivity (Wildman–Crippen MR) is 63.1 cm³/mol. The third-order valence-electron chi connectivity index (χ3n) is 2.30. The Labute approximate surface area is 113 Å². The topological polar surface area (TPSA) is 59.3 Å². The first kappa shape index (κ1) is 15.8. The number of carbonyl (C=O) groups is 1. The molecule has 4 nitrogen and oxygen atoms in total. The molecule has 1 rings (SSSR count).